The number of halogens is 5. The van der Waals surface area contributed by atoms with Gasteiger partial charge in [0.25, 0.3) is 5.92 Å². The summed E-state index contributed by atoms with van der Waals surface area (Å²) >= 11 is 0. The molecule has 0 saturated carbocycles. The van der Waals surface area contributed by atoms with E-state index in [4.69, 9.17) is 5.73 Å². The number of likely N-dealkylation sites (N-methyl/N-ethyl adjacent to an activating group) is 1. The molecule has 2 aromatic carbocycles. The summed E-state index contributed by atoms with van der Waals surface area (Å²) in [5.41, 5.74) is 3.30. The first-order chi connectivity index (χ1) is 25.1. The molecular weight excluding hydrogens is 697 g/mol. The van der Waals surface area contributed by atoms with E-state index in [1.807, 2.05) is 24.3 Å². The molecule has 15 heteroatoms. The Morgan fingerprint density at radius 2 is 1.60 bits per heavy atom. The maximum atomic E-state index is 14.8. The molecule has 3 aliphatic rings. The van der Waals surface area contributed by atoms with Crippen molar-refractivity contribution < 1.29 is 31.5 Å². The van der Waals surface area contributed by atoms with Crippen LogP contribution < -0.4 is 16.7 Å². The van der Waals surface area contributed by atoms with E-state index in [1.54, 1.807) is 14.4 Å². The predicted octanol–water partition coefficient (Wildman–Crippen LogP) is 5.30. The summed E-state index contributed by atoms with van der Waals surface area (Å²) in [5.74, 6) is -5.33. The van der Waals surface area contributed by atoms with Gasteiger partial charge in [-0.1, -0.05) is 18.7 Å². The lowest BCUT2D eigenvalue weighted by molar-refractivity contribution is -0.138. The zero-order valence-corrected chi connectivity index (χ0v) is 29.9. The molecule has 3 saturated heterocycles. The minimum Gasteiger partial charge on any atom is -0.398 e. The van der Waals surface area contributed by atoms with Crippen molar-refractivity contribution in [3.63, 3.8) is 0 Å². The van der Waals surface area contributed by atoms with Crippen molar-refractivity contribution in [3.8, 4) is 0 Å². The number of benzene rings is 2. The van der Waals surface area contributed by atoms with E-state index in [-0.39, 0.29) is 60.5 Å². The molecule has 53 heavy (non-hydrogen) atoms. The number of aromatic nitrogens is 2. The van der Waals surface area contributed by atoms with Crippen molar-refractivity contribution in [3.05, 3.63) is 76.2 Å². The number of fused-ring (bicyclic) bond motifs is 1. The molecule has 1 unspecified atom stereocenters. The first-order valence-corrected chi connectivity index (χ1v) is 18.4. The predicted molar refractivity (Wildman–Crippen MR) is 192 cm³/mol. The zero-order valence-electron chi connectivity index (χ0n) is 29.9. The van der Waals surface area contributed by atoms with Gasteiger partial charge in [0.15, 0.2) is 0 Å². The molecule has 4 N–H and O–H groups in total. The molecule has 3 fully saturated rings. The topological polar surface area (TPSA) is 120 Å². The maximum absolute atomic E-state index is 14.8. The number of carbonyl (C=O) groups excluding carboxylic acids is 2. The quantitative estimate of drug-likeness (QED) is 0.139. The Morgan fingerprint density at radius 3 is 2.25 bits per heavy atom. The van der Waals surface area contributed by atoms with Crippen LogP contribution in [0.3, 0.4) is 0 Å². The summed E-state index contributed by atoms with van der Waals surface area (Å²) in [6.07, 6.45) is -1.58. The average Bonchev–Trinajstić information content (AvgIpc) is 3.70. The van der Waals surface area contributed by atoms with E-state index in [9.17, 15) is 36.3 Å². The lowest BCUT2D eigenvalue weighted by atomic mass is 9.88. The van der Waals surface area contributed by atoms with Gasteiger partial charge in [-0.05, 0) is 94.4 Å². The number of hydrogen-bond donors (Lipinski definition) is 3. The van der Waals surface area contributed by atoms with E-state index in [0.29, 0.717) is 57.9 Å². The van der Waals surface area contributed by atoms with Gasteiger partial charge in [0.1, 0.15) is 0 Å². The highest BCUT2D eigenvalue weighted by Crippen LogP contribution is 2.42. The second-order valence-electron chi connectivity index (χ2n) is 14.8. The van der Waals surface area contributed by atoms with E-state index >= 15 is 0 Å². The Bertz CT molecular complexity index is 1860. The smallest absolute Gasteiger partial charge is 0.398 e. The monoisotopic (exact) mass is 745 g/mol. The summed E-state index contributed by atoms with van der Waals surface area (Å²) < 4.78 is 73.6. The normalized spacial score (nSPS) is 20.3. The largest absolute Gasteiger partial charge is 0.418 e. The number of nitrogens with zero attached hydrogens (tertiary/aromatic N) is 4. The fraction of sp³-hybridized carbons (Fsp3) is 0.553. The molecule has 6 rings (SSSR count). The first kappa shape index (κ1) is 38.5. The van der Waals surface area contributed by atoms with Crippen LogP contribution in [-0.4, -0.2) is 94.5 Å². The number of aromatic amines is 1. The van der Waals surface area contributed by atoms with Crippen molar-refractivity contribution >= 4 is 28.5 Å². The van der Waals surface area contributed by atoms with E-state index in [0.717, 1.165) is 42.7 Å². The Kier molecular flexibility index (Phi) is 11.3. The number of hydrogen-bond acceptors (Lipinski definition) is 6. The summed E-state index contributed by atoms with van der Waals surface area (Å²) in [7, 11) is 2.07. The van der Waals surface area contributed by atoms with Crippen LogP contribution in [0, 0.1) is 5.92 Å². The highest BCUT2D eigenvalue weighted by molar-refractivity contribution is 5.81. The lowest BCUT2D eigenvalue weighted by Crippen LogP contribution is -2.49. The van der Waals surface area contributed by atoms with Crippen molar-refractivity contribution in [1.82, 2.24) is 29.6 Å². The van der Waals surface area contributed by atoms with Crippen LogP contribution >= 0.6 is 0 Å². The molecule has 0 spiro atoms. The lowest BCUT2D eigenvalue weighted by Gasteiger charge is -2.36. The number of nitrogens with one attached hydrogen (secondary N) is 2. The fourth-order valence-corrected chi connectivity index (χ4v) is 8.24. The number of rotatable bonds is 11. The SMILES string of the molecule is C=CC(F)(F)c1cc(C[C@@H](CCC(=O)N2CCC(n3c(=O)[nH]c4ccccc43)CC2)C(=O)N2CCC(NC3CCN(C)C3)CC2)cc(C(F)(F)F)c1N. The number of alkyl halides is 5. The van der Waals surface area contributed by atoms with Gasteiger partial charge in [0, 0.05) is 68.8 Å². The van der Waals surface area contributed by atoms with Gasteiger partial charge in [-0.3, -0.25) is 14.2 Å². The van der Waals surface area contributed by atoms with Gasteiger partial charge in [-0.25, -0.2) is 4.79 Å². The molecule has 1 aromatic heterocycles. The molecule has 10 nitrogen and oxygen atoms in total. The molecule has 2 amide bonds. The van der Waals surface area contributed by atoms with Gasteiger partial charge < -0.3 is 30.7 Å². The molecule has 288 valence electrons. The molecule has 4 heterocycles. The summed E-state index contributed by atoms with van der Waals surface area (Å²) in [6.45, 7) is 6.67. The van der Waals surface area contributed by atoms with Crippen molar-refractivity contribution in [2.24, 2.45) is 5.92 Å². The number of anilines is 1. The summed E-state index contributed by atoms with van der Waals surface area (Å²) in [5, 5.41) is 3.68. The maximum Gasteiger partial charge on any atom is 0.418 e. The third-order valence-electron chi connectivity index (χ3n) is 11.2. The molecule has 0 aliphatic carbocycles. The van der Waals surface area contributed by atoms with E-state index in [1.165, 1.54) is 0 Å². The van der Waals surface area contributed by atoms with Crippen LogP contribution in [0.15, 0.2) is 53.8 Å². The van der Waals surface area contributed by atoms with Crippen LogP contribution in [0.25, 0.3) is 11.0 Å². The molecule has 0 bridgehead atoms. The second-order valence-corrected chi connectivity index (χ2v) is 14.8. The average molecular weight is 746 g/mol. The standard InChI is InChI=1S/C38H48F5N7O3/c1-3-37(39,40)29-21-24(22-30(34(29)44)38(41,42)43)20-25(35(52)49-16-11-26(12-17-49)45-27-10-15-47(2)23-27)8-9-33(51)48-18-13-28(14-19-48)50-32-7-5-4-6-31(32)46-36(50)53/h3-7,21-22,25-28,45H,1,8-20,23,44H2,2H3,(H,46,53)/t25-,27?/m1/s1. The Hall–Kier alpha value is -4.24. The van der Waals surface area contributed by atoms with Crippen LogP contribution in [0.2, 0.25) is 0 Å². The molecule has 3 aromatic rings. The van der Waals surface area contributed by atoms with Crippen molar-refractivity contribution in [2.75, 3.05) is 52.0 Å². The number of allylic oxidation sites excluding steroid dienone is 1. The van der Waals surface area contributed by atoms with Crippen LogP contribution in [-0.2, 0) is 28.1 Å². The number of piperidine rings is 2. The summed E-state index contributed by atoms with van der Waals surface area (Å²) in [4.78, 5) is 48.9. The minimum absolute atomic E-state index is 0.0189. The molecule has 3 aliphatic heterocycles. The van der Waals surface area contributed by atoms with Gasteiger partial charge in [0.2, 0.25) is 11.8 Å². The van der Waals surface area contributed by atoms with Gasteiger partial charge in [0.05, 0.1) is 22.3 Å². The van der Waals surface area contributed by atoms with Gasteiger partial charge >= 0.3 is 11.9 Å². The van der Waals surface area contributed by atoms with Crippen LogP contribution in [0.1, 0.15) is 67.7 Å². The number of nitrogens with two attached hydrogens (primary N) is 1. The van der Waals surface area contributed by atoms with Gasteiger partial charge in [-0.15, -0.1) is 0 Å². The fourth-order valence-electron chi connectivity index (χ4n) is 8.24. The number of nitrogen functional groups attached to an aromatic ring is 1. The zero-order chi connectivity index (χ0) is 38.1. The number of para-hydroxylation sites is 2. The minimum atomic E-state index is -5.02. The van der Waals surface area contributed by atoms with E-state index < -0.39 is 34.8 Å². The Labute approximate surface area is 305 Å². The number of imidazole rings is 1. The summed E-state index contributed by atoms with van der Waals surface area (Å²) in [6, 6.07) is 9.52. The van der Waals surface area contributed by atoms with Crippen molar-refractivity contribution in [2.45, 2.75) is 81.6 Å². The Balaban J connectivity index is 1.17. The third kappa shape index (κ3) is 8.61. The van der Waals surface area contributed by atoms with Crippen molar-refractivity contribution in [1.29, 1.82) is 0 Å². The number of H-pyrrole nitrogens is 1. The highest BCUT2D eigenvalue weighted by Gasteiger charge is 2.40. The third-order valence-corrected chi connectivity index (χ3v) is 11.2. The molecule has 2 atom stereocenters. The van der Waals surface area contributed by atoms with Crippen LogP contribution in [0.5, 0.6) is 0 Å². The number of likely N-dealkylation sites (tertiary alicyclic amines) is 3. The number of carbonyl (C=O) groups is 2. The first-order valence-electron chi connectivity index (χ1n) is 18.4. The van der Waals surface area contributed by atoms with Gasteiger partial charge in [-0.2, -0.15) is 22.0 Å². The Morgan fingerprint density at radius 1 is 0.962 bits per heavy atom. The number of amides is 2. The molecular formula is C38H48F5N7O3. The highest BCUT2D eigenvalue weighted by atomic mass is 19.4. The van der Waals surface area contributed by atoms with Crippen LogP contribution in [0.4, 0.5) is 27.6 Å². The second kappa shape index (κ2) is 15.6. The van der Waals surface area contributed by atoms with E-state index in [2.05, 4.69) is 28.8 Å². The molecule has 0 radical (unpaired) electrons.